The molecule has 0 unspecified atom stereocenters. The molecule has 0 spiro atoms. The van der Waals surface area contributed by atoms with Crippen LogP contribution in [0.1, 0.15) is 307 Å². The first kappa shape index (κ1) is 77.8. The zero-order chi connectivity index (χ0) is 71.6. The first-order valence-corrected chi connectivity index (χ1v) is 42.3. The van der Waals surface area contributed by atoms with E-state index in [1.54, 1.807) is 0 Å². The fourth-order valence-corrected chi connectivity index (χ4v) is 16.2. The lowest BCUT2D eigenvalue weighted by atomic mass is 9.85. The molecule has 0 saturated heterocycles. The third kappa shape index (κ3) is 22.4. The van der Waals surface area contributed by atoms with Crippen molar-refractivity contribution >= 4 is 21.5 Å². The van der Waals surface area contributed by atoms with Crippen molar-refractivity contribution in [1.29, 1.82) is 0 Å². The van der Waals surface area contributed by atoms with Gasteiger partial charge in [-0.2, -0.15) is 0 Å². The zero-order valence-corrected chi connectivity index (χ0v) is 64.8. The standard InChI is InChI=1S/2C48H64O4/c2*1-3-5-7-9-11-13-15-17-19-21-31-49-39-25-29-45-43(33-39)47-37(35-51-45)23-28-42-41(47)27-24-38-36-52-46-30-26-40(34-44(46)48(38)42)50-32-22-20-18-16-14-12-10-8-6-4-2/h2*23-30,33-34H,3-22,31-32,35-36H2,1-2H3. The van der Waals surface area contributed by atoms with Gasteiger partial charge in [0.2, 0.25) is 0 Å². The van der Waals surface area contributed by atoms with Crippen LogP contribution in [0.3, 0.4) is 0 Å². The maximum atomic E-state index is 6.32. The van der Waals surface area contributed by atoms with Crippen LogP contribution >= 0.6 is 0 Å². The molecule has 0 N–H and O–H groups in total. The highest BCUT2D eigenvalue weighted by atomic mass is 16.5. The molecule has 4 aliphatic heterocycles. The molecule has 0 aromatic heterocycles. The van der Waals surface area contributed by atoms with Crippen LogP contribution < -0.4 is 37.9 Å². The van der Waals surface area contributed by atoms with Crippen molar-refractivity contribution in [3.05, 3.63) is 144 Å². The quantitative estimate of drug-likeness (QED) is 0.0349. The summed E-state index contributed by atoms with van der Waals surface area (Å²) in [6.45, 7) is 14.5. The third-order valence-electron chi connectivity index (χ3n) is 22.2. The third-order valence-corrected chi connectivity index (χ3v) is 22.2. The molecule has 0 amide bonds. The minimum Gasteiger partial charge on any atom is -0.494 e. The topological polar surface area (TPSA) is 73.8 Å². The summed E-state index contributed by atoms with van der Waals surface area (Å²) in [5.74, 6) is 7.39. The van der Waals surface area contributed by atoms with Gasteiger partial charge in [-0.15, -0.1) is 0 Å². The van der Waals surface area contributed by atoms with Gasteiger partial charge in [0, 0.05) is 22.3 Å². The Balaban J connectivity index is 0.000000208. The second-order valence-corrected chi connectivity index (χ2v) is 30.5. The number of hydrogen-bond donors (Lipinski definition) is 0. The maximum absolute atomic E-state index is 6.32. The maximum Gasteiger partial charge on any atom is 0.127 e. The summed E-state index contributed by atoms with van der Waals surface area (Å²) in [7, 11) is 0. The van der Waals surface area contributed by atoms with Crippen molar-refractivity contribution in [3.8, 4) is 90.5 Å². The van der Waals surface area contributed by atoms with Gasteiger partial charge in [-0.3, -0.25) is 0 Å². The second-order valence-electron chi connectivity index (χ2n) is 30.5. The fraction of sp³-hybridized carbons (Fsp3) is 0.542. The highest BCUT2D eigenvalue weighted by Gasteiger charge is 2.28. The molecule has 12 rings (SSSR count). The molecule has 560 valence electrons. The van der Waals surface area contributed by atoms with E-state index in [4.69, 9.17) is 37.9 Å². The van der Waals surface area contributed by atoms with Gasteiger partial charge in [0.25, 0.3) is 0 Å². The Hall–Kier alpha value is -7.32. The summed E-state index contributed by atoms with van der Waals surface area (Å²) in [6.07, 6.45) is 53.0. The van der Waals surface area contributed by atoms with Gasteiger partial charge in [0.15, 0.2) is 0 Å². The smallest absolute Gasteiger partial charge is 0.127 e. The summed E-state index contributed by atoms with van der Waals surface area (Å²) < 4.78 is 50.3. The second kappa shape index (κ2) is 43.3. The Morgan fingerprint density at radius 3 is 0.587 bits per heavy atom. The Bertz CT molecular complexity index is 3380. The summed E-state index contributed by atoms with van der Waals surface area (Å²) in [4.78, 5) is 0. The Morgan fingerprint density at radius 1 is 0.212 bits per heavy atom. The molecule has 0 bridgehead atoms. The average Bonchev–Trinajstić information content (AvgIpc) is 0.739. The molecular formula is C96H128O8. The minimum atomic E-state index is 0.574. The van der Waals surface area contributed by atoms with E-state index in [-0.39, 0.29) is 0 Å². The van der Waals surface area contributed by atoms with Crippen molar-refractivity contribution in [3.63, 3.8) is 0 Å². The molecule has 4 heterocycles. The lowest BCUT2D eigenvalue weighted by molar-refractivity contribution is 0.294. The summed E-state index contributed by atoms with van der Waals surface area (Å²) in [6, 6.07) is 43.5. The predicted molar refractivity (Wildman–Crippen MR) is 436 cm³/mol. The lowest BCUT2D eigenvalue weighted by Crippen LogP contribution is -2.09. The molecule has 8 heteroatoms. The van der Waals surface area contributed by atoms with Crippen LogP contribution in [0.25, 0.3) is 66.1 Å². The molecule has 0 atom stereocenters. The Labute approximate surface area is 627 Å². The SMILES string of the molecule is CCCCCCCCCCCCOc1ccc2c(c1)-c1c(ccc3c4c(ccc13)COc1ccc(OCCCCCCCCCCCC)cc1-4)CO2.CCCCCCCCCCCCOc1ccc2c(c1)-c1c(ccc3c4c(ccc13)COc1ccc(OCCCCCCCCCCCC)cc1-4)CO2. The first-order valence-electron chi connectivity index (χ1n) is 42.3. The van der Waals surface area contributed by atoms with E-state index in [2.05, 4.69) is 149 Å². The molecule has 0 fully saturated rings. The lowest BCUT2D eigenvalue weighted by Gasteiger charge is -2.27. The van der Waals surface area contributed by atoms with E-state index < -0.39 is 0 Å². The van der Waals surface area contributed by atoms with Crippen molar-refractivity contribution in [2.75, 3.05) is 26.4 Å². The highest BCUT2D eigenvalue weighted by Crippen LogP contribution is 2.51. The number of hydrogen-bond acceptors (Lipinski definition) is 8. The van der Waals surface area contributed by atoms with E-state index in [1.807, 2.05) is 0 Å². The van der Waals surface area contributed by atoms with Crippen LogP contribution in [0.2, 0.25) is 0 Å². The van der Waals surface area contributed by atoms with Gasteiger partial charge in [-0.1, -0.05) is 307 Å². The number of benzene rings is 8. The predicted octanol–water partition coefficient (Wildman–Crippen LogP) is 29.1. The van der Waals surface area contributed by atoms with Gasteiger partial charge >= 0.3 is 0 Å². The van der Waals surface area contributed by atoms with Gasteiger partial charge in [0.05, 0.1) is 26.4 Å². The number of rotatable bonds is 48. The minimum absolute atomic E-state index is 0.574. The summed E-state index contributed by atoms with van der Waals surface area (Å²) >= 11 is 0. The Morgan fingerprint density at radius 2 is 0.394 bits per heavy atom. The van der Waals surface area contributed by atoms with Crippen LogP contribution in [0.5, 0.6) is 46.0 Å². The van der Waals surface area contributed by atoms with Crippen LogP contribution in [0.4, 0.5) is 0 Å². The van der Waals surface area contributed by atoms with Gasteiger partial charge < -0.3 is 37.9 Å². The molecular weight excluding hydrogens is 1280 g/mol. The van der Waals surface area contributed by atoms with Gasteiger partial charge in [-0.05, 0) is 165 Å². The molecule has 8 nitrogen and oxygen atoms in total. The van der Waals surface area contributed by atoms with Crippen molar-refractivity contribution < 1.29 is 37.9 Å². The first-order chi connectivity index (χ1) is 51.5. The van der Waals surface area contributed by atoms with E-state index in [0.29, 0.717) is 26.4 Å². The van der Waals surface area contributed by atoms with Gasteiger partial charge in [0.1, 0.15) is 72.4 Å². The van der Waals surface area contributed by atoms with E-state index in [1.165, 1.54) is 297 Å². The number of unbranched alkanes of at least 4 members (excludes halogenated alkanes) is 36. The van der Waals surface area contributed by atoms with Crippen LogP contribution in [0.15, 0.2) is 121 Å². The van der Waals surface area contributed by atoms with Gasteiger partial charge in [-0.25, -0.2) is 0 Å². The van der Waals surface area contributed by atoms with E-state index in [9.17, 15) is 0 Å². The molecule has 0 saturated carbocycles. The normalized spacial score (nSPS) is 12.7. The largest absolute Gasteiger partial charge is 0.494 e. The van der Waals surface area contributed by atoms with Crippen LogP contribution in [0, 0.1) is 0 Å². The monoisotopic (exact) mass is 1410 g/mol. The molecule has 8 aromatic rings. The molecule has 0 radical (unpaired) electrons. The van der Waals surface area contributed by atoms with Crippen LogP contribution in [-0.2, 0) is 26.4 Å². The van der Waals surface area contributed by atoms with Crippen molar-refractivity contribution in [2.24, 2.45) is 0 Å². The van der Waals surface area contributed by atoms with Crippen LogP contribution in [-0.4, -0.2) is 26.4 Å². The molecule has 0 aliphatic carbocycles. The molecule has 4 aliphatic rings. The summed E-state index contributed by atoms with van der Waals surface area (Å²) in [5, 5.41) is 4.99. The van der Waals surface area contributed by atoms with Crippen molar-refractivity contribution in [2.45, 2.75) is 311 Å². The van der Waals surface area contributed by atoms with E-state index in [0.717, 1.165) is 120 Å². The Kier molecular flexibility index (Phi) is 32.4. The highest BCUT2D eigenvalue weighted by molar-refractivity contribution is 6.10. The number of fused-ring (bicyclic) bond motifs is 18. The molecule has 104 heavy (non-hydrogen) atoms. The van der Waals surface area contributed by atoms with E-state index >= 15 is 0 Å². The summed E-state index contributed by atoms with van der Waals surface area (Å²) in [5.41, 5.74) is 14.4. The zero-order valence-electron chi connectivity index (χ0n) is 64.8. The average molecular weight is 1410 g/mol. The molecule has 8 aromatic carbocycles. The van der Waals surface area contributed by atoms with Crippen molar-refractivity contribution in [1.82, 2.24) is 0 Å². The number of ether oxygens (including phenoxy) is 8. The fourth-order valence-electron chi connectivity index (χ4n) is 16.2.